The van der Waals surface area contributed by atoms with Crippen LogP contribution in [0, 0.1) is 0 Å². The Kier molecular flexibility index (Phi) is 9.69. The Morgan fingerprint density at radius 3 is 2.54 bits per heavy atom. The van der Waals surface area contributed by atoms with Gasteiger partial charge in [0.1, 0.15) is 6.04 Å². The molecular formula is C23H28N8O5S. The smallest absolute Gasteiger partial charge is 0.333 e. The fourth-order valence-corrected chi connectivity index (χ4v) is 4.59. The molecule has 0 bridgehead atoms. The number of hydrazine groups is 1. The van der Waals surface area contributed by atoms with Crippen LogP contribution in [0.1, 0.15) is 23.2 Å². The lowest BCUT2D eigenvalue weighted by Crippen LogP contribution is -2.55. The second-order valence-corrected chi connectivity index (χ2v) is 9.10. The molecule has 1 fully saturated rings. The first kappa shape index (κ1) is 27.3. The molecule has 2 aromatic rings. The fourth-order valence-electron chi connectivity index (χ4n) is 3.49. The SMILES string of the molecule is NC(N)=Nc1cccc(C(=O)NNC(=O)NCC(NC(=O)C2CCCN2Sc2ccccc2)C(=O)O)c1. The zero-order valence-electron chi connectivity index (χ0n) is 19.7. The second kappa shape index (κ2) is 13.1. The molecule has 0 aromatic heterocycles. The van der Waals surface area contributed by atoms with Crippen LogP contribution in [0.3, 0.4) is 0 Å². The summed E-state index contributed by atoms with van der Waals surface area (Å²) in [5.41, 5.74) is 15.5. The standard InChI is InChI=1S/C23H28N8O5S/c24-22(25)27-15-7-4-6-14(12-15)19(32)29-30-23(36)26-13-17(21(34)35)28-20(33)18-10-5-11-31(18)37-16-8-2-1-3-9-16/h1-4,6-9,12,17-18H,5,10-11,13H2,(H,28,33)(H,29,32)(H,34,35)(H4,24,25,27)(H2,26,30,36). The summed E-state index contributed by atoms with van der Waals surface area (Å²) in [4.78, 5) is 53.7. The number of urea groups is 1. The number of nitrogens with zero attached hydrogens (tertiary/aromatic N) is 2. The molecule has 1 aliphatic heterocycles. The first-order valence-electron chi connectivity index (χ1n) is 11.3. The lowest BCUT2D eigenvalue weighted by molar-refractivity contribution is -0.142. The van der Waals surface area contributed by atoms with E-state index < -0.39 is 42.4 Å². The molecule has 0 aliphatic carbocycles. The summed E-state index contributed by atoms with van der Waals surface area (Å²) >= 11 is 1.44. The third-order valence-electron chi connectivity index (χ3n) is 5.21. The Bertz CT molecular complexity index is 1160. The highest BCUT2D eigenvalue weighted by atomic mass is 32.2. The van der Waals surface area contributed by atoms with E-state index >= 15 is 0 Å². The Balaban J connectivity index is 1.48. The van der Waals surface area contributed by atoms with Crippen LogP contribution in [0.5, 0.6) is 0 Å². The van der Waals surface area contributed by atoms with Gasteiger partial charge in [0.25, 0.3) is 5.91 Å². The number of aliphatic carboxylic acids is 1. The van der Waals surface area contributed by atoms with Gasteiger partial charge in [-0.05, 0) is 55.1 Å². The van der Waals surface area contributed by atoms with Crippen molar-refractivity contribution in [2.75, 3.05) is 13.1 Å². The number of aliphatic imine (C=N–C) groups is 1. The molecule has 37 heavy (non-hydrogen) atoms. The molecule has 14 heteroatoms. The number of amides is 4. The Morgan fingerprint density at radius 2 is 1.84 bits per heavy atom. The summed E-state index contributed by atoms with van der Waals surface area (Å²) < 4.78 is 1.92. The van der Waals surface area contributed by atoms with Gasteiger partial charge in [-0.3, -0.25) is 15.0 Å². The van der Waals surface area contributed by atoms with E-state index in [1.165, 1.54) is 24.1 Å². The van der Waals surface area contributed by atoms with Crippen LogP contribution in [0.4, 0.5) is 10.5 Å². The molecule has 4 amide bonds. The largest absolute Gasteiger partial charge is 0.480 e. The topological polar surface area (TPSA) is 204 Å². The highest BCUT2D eigenvalue weighted by Crippen LogP contribution is 2.31. The van der Waals surface area contributed by atoms with Gasteiger partial charge >= 0.3 is 12.0 Å². The second-order valence-electron chi connectivity index (χ2n) is 7.98. The summed E-state index contributed by atoms with van der Waals surface area (Å²) in [7, 11) is 0. The van der Waals surface area contributed by atoms with Crippen LogP contribution < -0.4 is 33.0 Å². The summed E-state index contributed by atoms with van der Waals surface area (Å²) in [6, 6.07) is 12.9. The number of carboxylic acid groups (broad SMARTS) is 1. The molecule has 1 saturated heterocycles. The van der Waals surface area contributed by atoms with Gasteiger partial charge in [0, 0.05) is 17.0 Å². The van der Waals surface area contributed by atoms with Crippen molar-refractivity contribution in [1.82, 2.24) is 25.8 Å². The van der Waals surface area contributed by atoms with Crippen molar-refractivity contribution >= 4 is 47.4 Å². The highest BCUT2D eigenvalue weighted by molar-refractivity contribution is 7.97. The number of benzene rings is 2. The van der Waals surface area contributed by atoms with E-state index in [2.05, 4.69) is 26.5 Å². The van der Waals surface area contributed by atoms with Crippen molar-refractivity contribution in [1.29, 1.82) is 0 Å². The third-order valence-corrected chi connectivity index (χ3v) is 6.36. The maximum Gasteiger partial charge on any atom is 0.333 e. The molecule has 3 rings (SSSR count). The van der Waals surface area contributed by atoms with Crippen molar-refractivity contribution < 1.29 is 24.3 Å². The Hall–Kier alpha value is -4.30. The van der Waals surface area contributed by atoms with Crippen LogP contribution in [-0.2, 0) is 9.59 Å². The minimum Gasteiger partial charge on any atom is -0.480 e. The molecule has 13 nitrogen and oxygen atoms in total. The van der Waals surface area contributed by atoms with Gasteiger partial charge < -0.3 is 27.2 Å². The zero-order chi connectivity index (χ0) is 26.8. The number of nitrogens with one attached hydrogen (secondary N) is 4. The number of hydrogen-bond donors (Lipinski definition) is 7. The van der Waals surface area contributed by atoms with Crippen LogP contribution in [0.2, 0.25) is 0 Å². The van der Waals surface area contributed by atoms with Gasteiger partial charge in [-0.15, -0.1) is 0 Å². The first-order chi connectivity index (χ1) is 17.7. The summed E-state index contributed by atoms with van der Waals surface area (Å²) in [5.74, 6) is -2.58. The van der Waals surface area contributed by atoms with Gasteiger partial charge in [0.15, 0.2) is 5.96 Å². The number of carbonyl (C=O) groups is 4. The van der Waals surface area contributed by atoms with Gasteiger partial charge in [-0.1, -0.05) is 24.3 Å². The molecule has 1 heterocycles. The van der Waals surface area contributed by atoms with Crippen molar-refractivity contribution in [3.05, 3.63) is 60.2 Å². The molecule has 0 saturated carbocycles. The lowest BCUT2D eigenvalue weighted by Gasteiger charge is -2.24. The quantitative estimate of drug-likeness (QED) is 0.103. The van der Waals surface area contributed by atoms with E-state index in [0.29, 0.717) is 18.7 Å². The number of carbonyl (C=O) groups excluding carboxylic acids is 3. The molecule has 2 aromatic carbocycles. The summed E-state index contributed by atoms with van der Waals surface area (Å²) in [5, 5.41) is 14.3. The number of carboxylic acids is 1. The van der Waals surface area contributed by atoms with Crippen LogP contribution >= 0.6 is 11.9 Å². The average Bonchev–Trinajstić information content (AvgIpc) is 3.33. The maximum absolute atomic E-state index is 12.8. The van der Waals surface area contributed by atoms with Gasteiger partial charge in [0.2, 0.25) is 5.91 Å². The van der Waals surface area contributed by atoms with Crippen molar-refractivity contribution in [2.45, 2.75) is 29.8 Å². The highest BCUT2D eigenvalue weighted by Gasteiger charge is 2.34. The molecule has 9 N–H and O–H groups in total. The van der Waals surface area contributed by atoms with Gasteiger partial charge in [-0.2, -0.15) is 0 Å². The molecule has 0 radical (unpaired) electrons. The van der Waals surface area contributed by atoms with Crippen LogP contribution in [-0.4, -0.2) is 64.4 Å². The average molecular weight is 529 g/mol. The summed E-state index contributed by atoms with van der Waals surface area (Å²) in [6.45, 7) is 0.284. The minimum atomic E-state index is -1.37. The number of guanidine groups is 1. The van der Waals surface area contributed by atoms with Gasteiger partial charge in [0.05, 0.1) is 18.3 Å². The molecular weight excluding hydrogens is 500 g/mol. The van der Waals surface area contributed by atoms with E-state index in [1.807, 2.05) is 34.6 Å². The van der Waals surface area contributed by atoms with Crippen molar-refractivity contribution in [2.24, 2.45) is 16.5 Å². The molecule has 0 spiro atoms. The zero-order valence-corrected chi connectivity index (χ0v) is 20.5. The van der Waals surface area contributed by atoms with Crippen molar-refractivity contribution in [3.63, 3.8) is 0 Å². The monoisotopic (exact) mass is 528 g/mol. The van der Waals surface area contributed by atoms with E-state index in [9.17, 15) is 24.3 Å². The van der Waals surface area contributed by atoms with E-state index in [-0.39, 0.29) is 11.5 Å². The van der Waals surface area contributed by atoms with Gasteiger partial charge in [-0.25, -0.2) is 24.3 Å². The Morgan fingerprint density at radius 1 is 1.08 bits per heavy atom. The van der Waals surface area contributed by atoms with E-state index in [1.54, 1.807) is 12.1 Å². The number of hydrogen-bond acceptors (Lipinski definition) is 7. The molecule has 1 aliphatic rings. The maximum atomic E-state index is 12.8. The van der Waals surface area contributed by atoms with Crippen LogP contribution in [0.15, 0.2) is 64.5 Å². The minimum absolute atomic E-state index is 0.174. The number of rotatable bonds is 9. The molecule has 2 atom stereocenters. The molecule has 196 valence electrons. The normalized spacial score (nSPS) is 15.7. The first-order valence-corrected chi connectivity index (χ1v) is 12.1. The third kappa shape index (κ3) is 8.40. The summed E-state index contributed by atoms with van der Waals surface area (Å²) in [6.07, 6.45) is 1.38. The van der Waals surface area contributed by atoms with Crippen molar-refractivity contribution in [3.8, 4) is 0 Å². The van der Waals surface area contributed by atoms with E-state index in [0.717, 1.165) is 11.3 Å². The van der Waals surface area contributed by atoms with E-state index in [4.69, 9.17) is 11.5 Å². The fraction of sp³-hybridized carbons (Fsp3) is 0.261. The predicted molar refractivity (Wildman–Crippen MR) is 138 cm³/mol. The number of nitrogens with two attached hydrogens (primary N) is 2. The Labute approximate surface area is 217 Å². The predicted octanol–water partition coefficient (Wildman–Crippen LogP) is 0.277. The van der Waals surface area contributed by atoms with Crippen LogP contribution in [0.25, 0.3) is 0 Å². The molecule has 2 unspecified atom stereocenters. The lowest BCUT2D eigenvalue weighted by atomic mass is 10.2.